The Labute approximate surface area is 164 Å². The van der Waals surface area contributed by atoms with Crippen LogP contribution in [-0.2, 0) is 14.8 Å². The number of carbonyl (C=O) groups excluding carboxylic acids is 1. The molecular weight excluding hydrogens is 374 g/mol. The fraction of sp³-hybridized carbons (Fsp3) is 0.611. The fourth-order valence-corrected chi connectivity index (χ4v) is 4.58. The van der Waals surface area contributed by atoms with E-state index in [1.165, 1.54) is 10.4 Å². The molecule has 0 saturated heterocycles. The number of aryl methyl sites for hydroxylation is 1. The molecule has 0 aliphatic carbocycles. The highest BCUT2D eigenvalue weighted by molar-refractivity contribution is 7.89. The fourth-order valence-electron chi connectivity index (χ4n) is 2.87. The van der Waals surface area contributed by atoms with Crippen LogP contribution in [0.3, 0.4) is 0 Å². The molecule has 0 atom stereocenters. The molecule has 1 rings (SSSR count). The van der Waals surface area contributed by atoms with E-state index in [1.54, 1.807) is 32.9 Å². The van der Waals surface area contributed by atoms with Gasteiger partial charge in [-0.15, -0.1) is 12.4 Å². The lowest BCUT2D eigenvalue weighted by atomic mass is 9.81. The van der Waals surface area contributed by atoms with Gasteiger partial charge < -0.3 is 11.1 Å². The Kier molecular flexibility index (Phi) is 9.80. The number of nitrogens with one attached hydrogen (secondary N) is 1. The lowest BCUT2D eigenvalue weighted by Crippen LogP contribution is -2.41. The molecule has 150 valence electrons. The number of rotatable bonds is 9. The topological polar surface area (TPSA) is 92.5 Å². The highest BCUT2D eigenvalue weighted by Crippen LogP contribution is 2.29. The number of benzene rings is 1. The molecule has 1 amide bonds. The van der Waals surface area contributed by atoms with Crippen molar-refractivity contribution in [2.75, 3.05) is 25.0 Å². The first-order valence-corrected chi connectivity index (χ1v) is 10.3. The summed E-state index contributed by atoms with van der Waals surface area (Å²) in [6.07, 6.45) is 1.25. The van der Waals surface area contributed by atoms with Gasteiger partial charge in [-0.1, -0.05) is 33.8 Å². The molecule has 26 heavy (non-hydrogen) atoms. The molecule has 0 heterocycles. The molecule has 6 nitrogen and oxygen atoms in total. The molecule has 0 spiro atoms. The van der Waals surface area contributed by atoms with Crippen molar-refractivity contribution in [3.63, 3.8) is 0 Å². The summed E-state index contributed by atoms with van der Waals surface area (Å²) in [5.41, 5.74) is 6.31. The quantitative estimate of drug-likeness (QED) is 0.659. The molecule has 8 heteroatoms. The minimum Gasteiger partial charge on any atom is -0.329 e. The first-order valence-electron chi connectivity index (χ1n) is 8.84. The van der Waals surface area contributed by atoms with Gasteiger partial charge in [-0.3, -0.25) is 4.79 Å². The molecule has 0 aliphatic heterocycles. The number of hydrogen-bond donors (Lipinski definition) is 2. The van der Waals surface area contributed by atoms with Crippen molar-refractivity contribution >= 4 is 34.0 Å². The number of nitrogens with two attached hydrogens (primary N) is 1. The highest BCUT2D eigenvalue weighted by atomic mass is 35.5. The zero-order chi connectivity index (χ0) is 19.3. The number of amides is 1. The number of hydrogen-bond acceptors (Lipinski definition) is 4. The smallest absolute Gasteiger partial charge is 0.243 e. The first-order chi connectivity index (χ1) is 11.7. The van der Waals surface area contributed by atoms with Crippen LogP contribution in [-0.4, -0.2) is 38.3 Å². The second-order valence-electron chi connectivity index (χ2n) is 6.22. The molecular formula is C18H32ClN3O3S. The van der Waals surface area contributed by atoms with Gasteiger partial charge in [-0.25, -0.2) is 8.42 Å². The van der Waals surface area contributed by atoms with Crippen LogP contribution in [0.4, 0.5) is 5.69 Å². The van der Waals surface area contributed by atoms with Crippen LogP contribution >= 0.6 is 12.4 Å². The lowest BCUT2D eigenvalue weighted by molar-refractivity contribution is -0.125. The Morgan fingerprint density at radius 3 is 2.12 bits per heavy atom. The summed E-state index contributed by atoms with van der Waals surface area (Å²) < 4.78 is 27.0. The predicted octanol–water partition coefficient (Wildman–Crippen LogP) is 3.15. The SMILES string of the molecule is CCN(CC)S(=O)(=O)c1cc(NC(=O)C(CC)(CC)CN)ccc1C.Cl. The van der Waals surface area contributed by atoms with Gasteiger partial charge in [0.2, 0.25) is 15.9 Å². The van der Waals surface area contributed by atoms with Gasteiger partial charge in [-0.2, -0.15) is 4.31 Å². The third-order valence-electron chi connectivity index (χ3n) is 5.00. The summed E-state index contributed by atoms with van der Waals surface area (Å²) in [7, 11) is -3.58. The second kappa shape index (κ2) is 10.3. The van der Waals surface area contributed by atoms with Crippen LogP contribution in [0.5, 0.6) is 0 Å². The van der Waals surface area contributed by atoms with E-state index in [4.69, 9.17) is 5.73 Å². The Bertz CT molecular complexity index is 691. The number of sulfonamides is 1. The third-order valence-corrected chi connectivity index (χ3v) is 7.19. The van der Waals surface area contributed by atoms with Crippen molar-refractivity contribution in [2.45, 2.75) is 52.4 Å². The normalized spacial score (nSPS) is 12.0. The van der Waals surface area contributed by atoms with Crippen molar-refractivity contribution < 1.29 is 13.2 Å². The van der Waals surface area contributed by atoms with Crippen molar-refractivity contribution in [1.82, 2.24) is 4.31 Å². The Morgan fingerprint density at radius 2 is 1.69 bits per heavy atom. The van der Waals surface area contributed by atoms with E-state index in [1.807, 2.05) is 13.8 Å². The van der Waals surface area contributed by atoms with Crippen LogP contribution in [0.15, 0.2) is 23.1 Å². The maximum absolute atomic E-state index is 12.8. The second-order valence-corrected chi connectivity index (χ2v) is 8.12. The van der Waals surface area contributed by atoms with Crippen LogP contribution in [0.1, 0.15) is 46.1 Å². The largest absolute Gasteiger partial charge is 0.329 e. The molecule has 0 aromatic heterocycles. The highest BCUT2D eigenvalue weighted by Gasteiger charge is 2.33. The van der Waals surface area contributed by atoms with Crippen LogP contribution in [0.2, 0.25) is 0 Å². The van der Waals surface area contributed by atoms with E-state index >= 15 is 0 Å². The van der Waals surface area contributed by atoms with E-state index in [2.05, 4.69) is 5.32 Å². The van der Waals surface area contributed by atoms with E-state index in [0.717, 1.165) is 0 Å². The minimum atomic E-state index is -3.58. The maximum Gasteiger partial charge on any atom is 0.243 e. The average molecular weight is 406 g/mol. The van der Waals surface area contributed by atoms with Crippen LogP contribution in [0, 0.1) is 12.3 Å². The van der Waals surface area contributed by atoms with Gasteiger partial charge in [0.1, 0.15) is 0 Å². The third kappa shape index (κ3) is 4.97. The molecule has 1 aromatic rings. The van der Waals surface area contributed by atoms with Gasteiger partial charge in [-0.05, 0) is 37.5 Å². The molecule has 0 fully saturated rings. The first kappa shape index (κ1) is 24.8. The zero-order valence-electron chi connectivity index (χ0n) is 16.3. The molecule has 0 unspecified atom stereocenters. The molecule has 1 aromatic carbocycles. The summed E-state index contributed by atoms with van der Waals surface area (Å²) in [5, 5.41) is 2.85. The van der Waals surface area contributed by atoms with E-state index in [-0.39, 0.29) is 29.8 Å². The van der Waals surface area contributed by atoms with Gasteiger partial charge in [0, 0.05) is 25.3 Å². The van der Waals surface area contributed by atoms with E-state index in [9.17, 15) is 13.2 Å². The number of anilines is 1. The molecule has 3 N–H and O–H groups in total. The average Bonchev–Trinajstić information content (AvgIpc) is 2.59. The molecule has 0 bridgehead atoms. The molecule has 0 radical (unpaired) electrons. The monoisotopic (exact) mass is 405 g/mol. The van der Waals surface area contributed by atoms with Gasteiger partial charge in [0.25, 0.3) is 0 Å². The summed E-state index contributed by atoms with van der Waals surface area (Å²) in [6.45, 7) is 10.3. The standard InChI is InChI=1S/C18H31N3O3S.ClH/c1-6-18(7-2,13-19)17(22)20-15-11-10-14(5)16(12-15)25(23,24)21(8-3)9-4;/h10-12H,6-9,13,19H2,1-5H3,(H,20,22);1H. The van der Waals surface area contributed by atoms with Crippen molar-refractivity contribution in [1.29, 1.82) is 0 Å². The predicted molar refractivity (Wildman–Crippen MR) is 109 cm³/mol. The van der Waals surface area contributed by atoms with Crippen molar-refractivity contribution in [2.24, 2.45) is 11.1 Å². The van der Waals surface area contributed by atoms with Crippen molar-refractivity contribution in [3.05, 3.63) is 23.8 Å². The summed E-state index contributed by atoms with van der Waals surface area (Å²) in [4.78, 5) is 12.9. The summed E-state index contributed by atoms with van der Waals surface area (Å²) in [5.74, 6) is -0.171. The van der Waals surface area contributed by atoms with E-state index in [0.29, 0.717) is 37.2 Å². The lowest BCUT2D eigenvalue weighted by Gasteiger charge is -2.28. The van der Waals surface area contributed by atoms with E-state index < -0.39 is 15.4 Å². The minimum absolute atomic E-state index is 0. The van der Waals surface area contributed by atoms with Crippen LogP contribution < -0.4 is 11.1 Å². The Hall–Kier alpha value is -1.15. The van der Waals surface area contributed by atoms with Gasteiger partial charge in [0.05, 0.1) is 10.3 Å². The Morgan fingerprint density at radius 1 is 1.15 bits per heavy atom. The van der Waals surface area contributed by atoms with Crippen LogP contribution in [0.25, 0.3) is 0 Å². The maximum atomic E-state index is 12.8. The van der Waals surface area contributed by atoms with Gasteiger partial charge in [0.15, 0.2) is 0 Å². The summed E-state index contributed by atoms with van der Waals surface area (Å²) >= 11 is 0. The van der Waals surface area contributed by atoms with Crippen molar-refractivity contribution in [3.8, 4) is 0 Å². The number of halogens is 1. The molecule has 0 saturated carbocycles. The summed E-state index contributed by atoms with van der Waals surface area (Å²) in [6, 6.07) is 4.97. The Balaban J connectivity index is 0.00000625. The zero-order valence-corrected chi connectivity index (χ0v) is 18.0. The number of carbonyl (C=O) groups is 1. The molecule has 0 aliphatic rings. The van der Waals surface area contributed by atoms with Gasteiger partial charge >= 0.3 is 0 Å². The number of nitrogens with zero attached hydrogens (tertiary/aromatic N) is 1.